The number of carbonyl (C=O) groups excluding carboxylic acids is 2. The van der Waals surface area contributed by atoms with Gasteiger partial charge in [-0.1, -0.05) is 0 Å². The van der Waals surface area contributed by atoms with Crippen molar-refractivity contribution >= 4 is 11.8 Å². The third-order valence-electron chi connectivity index (χ3n) is 3.66. The summed E-state index contributed by atoms with van der Waals surface area (Å²) >= 11 is 0. The van der Waals surface area contributed by atoms with Gasteiger partial charge in [0, 0.05) is 13.1 Å². The van der Waals surface area contributed by atoms with Gasteiger partial charge in [-0.25, -0.2) is 5.43 Å². The highest BCUT2D eigenvalue weighted by Crippen LogP contribution is 2.16. The minimum absolute atomic E-state index is 0.0119. The summed E-state index contributed by atoms with van der Waals surface area (Å²) in [6.07, 6.45) is 2.26. The van der Waals surface area contributed by atoms with E-state index in [1.165, 1.54) is 0 Å². The van der Waals surface area contributed by atoms with Crippen molar-refractivity contribution in [2.45, 2.75) is 31.3 Å². The average Bonchev–Trinajstić information content (AvgIpc) is 2.75. The zero-order valence-electron chi connectivity index (χ0n) is 10.4. The van der Waals surface area contributed by atoms with E-state index in [0.29, 0.717) is 6.04 Å². The molecular weight excluding hydrogens is 220 g/mol. The van der Waals surface area contributed by atoms with Gasteiger partial charge >= 0.3 is 0 Å². The van der Waals surface area contributed by atoms with Gasteiger partial charge in [-0.2, -0.15) is 0 Å². The van der Waals surface area contributed by atoms with E-state index >= 15 is 0 Å². The molecule has 2 saturated heterocycles. The topological polar surface area (TPSA) is 64.7 Å². The third-order valence-corrected chi connectivity index (χ3v) is 3.66. The second-order valence-corrected chi connectivity index (χ2v) is 4.93. The Bertz CT molecular complexity index is 313. The van der Waals surface area contributed by atoms with Crippen molar-refractivity contribution in [2.24, 2.45) is 0 Å². The quantitative estimate of drug-likeness (QED) is 0.645. The van der Waals surface area contributed by atoms with Gasteiger partial charge in [0.05, 0.1) is 6.42 Å². The van der Waals surface area contributed by atoms with Gasteiger partial charge in [0.25, 0.3) is 0 Å². The molecule has 0 bridgehead atoms. The lowest BCUT2D eigenvalue weighted by Gasteiger charge is -2.36. The Morgan fingerprint density at radius 2 is 2.06 bits per heavy atom. The first kappa shape index (κ1) is 12.3. The highest BCUT2D eigenvalue weighted by Gasteiger charge is 2.33. The number of carbonyl (C=O) groups is 2. The van der Waals surface area contributed by atoms with Gasteiger partial charge in [-0.15, -0.1) is 0 Å². The monoisotopic (exact) mass is 240 g/mol. The van der Waals surface area contributed by atoms with E-state index in [0.717, 1.165) is 25.9 Å². The van der Waals surface area contributed by atoms with Crippen molar-refractivity contribution in [2.75, 3.05) is 27.2 Å². The van der Waals surface area contributed by atoms with Crippen molar-refractivity contribution in [3.8, 4) is 0 Å². The summed E-state index contributed by atoms with van der Waals surface area (Å²) in [5.74, 6) is -0.0990. The Morgan fingerprint density at radius 3 is 2.59 bits per heavy atom. The Kier molecular flexibility index (Phi) is 3.63. The molecule has 0 aromatic rings. The van der Waals surface area contributed by atoms with Crippen LogP contribution in [-0.4, -0.2) is 60.9 Å². The molecule has 0 spiro atoms. The minimum atomic E-state index is -0.396. The summed E-state index contributed by atoms with van der Waals surface area (Å²) in [6.45, 7) is 2.05. The number of nitrogens with one attached hydrogen (secondary N) is 2. The van der Waals surface area contributed by atoms with Crippen molar-refractivity contribution in [3.05, 3.63) is 0 Å². The molecule has 0 aliphatic carbocycles. The standard InChI is InChI=1S/C11H20N4O2/c1-14-5-3-8(4-6-14)15(2)11(17)9-7-10(16)13-12-9/h8-9,12H,3-7H2,1-2H3,(H,13,16). The summed E-state index contributed by atoms with van der Waals surface area (Å²) in [7, 11) is 3.93. The lowest BCUT2D eigenvalue weighted by Crippen LogP contribution is -2.50. The molecule has 1 atom stereocenters. The van der Waals surface area contributed by atoms with Crippen LogP contribution in [0, 0.1) is 0 Å². The SMILES string of the molecule is CN1CCC(N(C)C(=O)C2CC(=O)NN2)CC1. The summed E-state index contributed by atoms with van der Waals surface area (Å²) in [5.41, 5.74) is 5.20. The molecule has 2 aliphatic heterocycles. The number of rotatable bonds is 2. The van der Waals surface area contributed by atoms with Crippen molar-refractivity contribution in [1.82, 2.24) is 20.7 Å². The second-order valence-electron chi connectivity index (χ2n) is 4.93. The lowest BCUT2D eigenvalue weighted by atomic mass is 10.0. The number of nitrogens with zero attached hydrogens (tertiary/aromatic N) is 2. The summed E-state index contributed by atoms with van der Waals surface area (Å²) < 4.78 is 0. The molecule has 1 unspecified atom stereocenters. The van der Waals surface area contributed by atoms with E-state index in [-0.39, 0.29) is 18.2 Å². The van der Waals surface area contributed by atoms with E-state index in [2.05, 4.69) is 22.8 Å². The van der Waals surface area contributed by atoms with Gasteiger partial charge in [-0.05, 0) is 33.0 Å². The Labute approximate surface area is 101 Å². The fourth-order valence-electron chi connectivity index (χ4n) is 2.41. The van der Waals surface area contributed by atoms with Crippen LogP contribution in [0.3, 0.4) is 0 Å². The predicted octanol–water partition coefficient (Wildman–Crippen LogP) is -1.07. The van der Waals surface area contributed by atoms with E-state index in [9.17, 15) is 9.59 Å². The van der Waals surface area contributed by atoms with Crippen LogP contribution in [0.4, 0.5) is 0 Å². The van der Waals surface area contributed by atoms with E-state index < -0.39 is 6.04 Å². The summed E-state index contributed by atoms with van der Waals surface area (Å²) in [5, 5.41) is 0. The maximum Gasteiger partial charge on any atom is 0.242 e. The van der Waals surface area contributed by atoms with Gasteiger partial charge in [0.15, 0.2) is 0 Å². The molecule has 2 aliphatic rings. The highest BCUT2D eigenvalue weighted by molar-refractivity contribution is 5.90. The zero-order valence-corrected chi connectivity index (χ0v) is 10.4. The van der Waals surface area contributed by atoms with Gasteiger partial charge < -0.3 is 9.80 Å². The van der Waals surface area contributed by atoms with E-state index in [4.69, 9.17) is 0 Å². The fraction of sp³-hybridized carbons (Fsp3) is 0.818. The van der Waals surface area contributed by atoms with E-state index in [1.807, 2.05) is 7.05 Å². The molecule has 6 nitrogen and oxygen atoms in total. The van der Waals surface area contributed by atoms with Crippen molar-refractivity contribution in [3.63, 3.8) is 0 Å². The average molecular weight is 240 g/mol. The summed E-state index contributed by atoms with van der Waals surface area (Å²) in [4.78, 5) is 27.2. The van der Waals surface area contributed by atoms with Crippen LogP contribution in [-0.2, 0) is 9.59 Å². The number of hydrazine groups is 1. The second kappa shape index (κ2) is 5.01. The molecule has 0 aromatic carbocycles. The normalized spacial score (nSPS) is 26.9. The molecule has 2 amide bonds. The molecule has 0 saturated carbocycles. The van der Waals surface area contributed by atoms with Crippen LogP contribution in [0.2, 0.25) is 0 Å². The van der Waals surface area contributed by atoms with Crippen LogP contribution in [0.1, 0.15) is 19.3 Å². The first-order chi connectivity index (χ1) is 8.08. The number of hydrogen-bond donors (Lipinski definition) is 2. The first-order valence-electron chi connectivity index (χ1n) is 6.07. The van der Waals surface area contributed by atoms with Crippen LogP contribution in [0.15, 0.2) is 0 Å². The molecule has 2 rings (SSSR count). The molecule has 2 fully saturated rings. The van der Waals surface area contributed by atoms with Crippen LogP contribution in [0.25, 0.3) is 0 Å². The zero-order chi connectivity index (χ0) is 12.4. The first-order valence-corrected chi connectivity index (χ1v) is 6.07. The largest absolute Gasteiger partial charge is 0.341 e. The van der Waals surface area contributed by atoms with Gasteiger partial charge in [0.1, 0.15) is 6.04 Å². The van der Waals surface area contributed by atoms with Crippen LogP contribution < -0.4 is 10.9 Å². The smallest absolute Gasteiger partial charge is 0.242 e. The number of likely N-dealkylation sites (tertiary alicyclic amines) is 1. The van der Waals surface area contributed by atoms with Crippen LogP contribution in [0.5, 0.6) is 0 Å². The Hall–Kier alpha value is -1.14. The maximum atomic E-state index is 12.1. The van der Waals surface area contributed by atoms with Crippen molar-refractivity contribution < 1.29 is 9.59 Å². The molecule has 17 heavy (non-hydrogen) atoms. The minimum Gasteiger partial charge on any atom is -0.341 e. The van der Waals surface area contributed by atoms with E-state index in [1.54, 1.807) is 4.90 Å². The Balaban J connectivity index is 1.88. The molecule has 96 valence electrons. The Morgan fingerprint density at radius 1 is 1.41 bits per heavy atom. The number of likely N-dealkylation sites (N-methyl/N-ethyl adjacent to an activating group) is 1. The number of amides is 2. The molecular formula is C11H20N4O2. The fourth-order valence-corrected chi connectivity index (χ4v) is 2.41. The molecule has 0 aromatic heterocycles. The summed E-state index contributed by atoms with van der Waals surface area (Å²) in [6, 6.07) is -0.0941. The molecule has 0 radical (unpaired) electrons. The maximum absolute atomic E-state index is 12.1. The van der Waals surface area contributed by atoms with Crippen molar-refractivity contribution in [1.29, 1.82) is 0 Å². The lowest BCUT2D eigenvalue weighted by molar-refractivity contribution is -0.135. The van der Waals surface area contributed by atoms with Gasteiger partial charge in [0.2, 0.25) is 11.8 Å². The highest BCUT2D eigenvalue weighted by atomic mass is 16.2. The number of piperidine rings is 1. The number of hydrogen-bond acceptors (Lipinski definition) is 4. The predicted molar refractivity (Wildman–Crippen MR) is 63.0 cm³/mol. The molecule has 2 N–H and O–H groups in total. The van der Waals surface area contributed by atoms with Crippen LogP contribution >= 0.6 is 0 Å². The third kappa shape index (κ3) is 2.76. The molecule has 2 heterocycles. The van der Waals surface area contributed by atoms with Gasteiger partial charge in [-0.3, -0.25) is 15.0 Å². The molecule has 6 heteroatoms.